The number of amides is 4. The fourth-order valence-corrected chi connectivity index (χ4v) is 4.64. The van der Waals surface area contributed by atoms with E-state index in [1.807, 2.05) is 95.3 Å². The first kappa shape index (κ1) is 37.4. The van der Waals surface area contributed by atoms with Crippen molar-refractivity contribution in [2.75, 3.05) is 25.5 Å². The Morgan fingerprint density at radius 1 is 0.933 bits per heavy atom. The van der Waals surface area contributed by atoms with Gasteiger partial charge in [-0.05, 0) is 66.5 Å². The maximum absolute atomic E-state index is 12.3. The fraction of sp³-hybridized carbons (Fsp3) is 0.529. The molecule has 2 atom stereocenters. The zero-order valence-corrected chi connectivity index (χ0v) is 28.6. The highest BCUT2D eigenvalue weighted by molar-refractivity contribution is 6.27. The van der Waals surface area contributed by atoms with Gasteiger partial charge < -0.3 is 24.6 Å². The first-order chi connectivity index (χ1) is 21.0. The maximum Gasteiger partial charge on any atom is 0.411 e. The van der Waals surface area contributed by atoms with Crippen LogP contribution in [0.2, 0.25) is 0 Å². The molecule has 1 aliphatic rings. The lowest BCUT2D eigenvalue weighted by atomic mass is 10.1. The second-order valence-corrected chi connectivity index (χ2v) is 13.4. The van der Waals surface area contributed by atoms with Crippen LogP contribution in [0.25, 0.3) is 0 Å². The minimum Gasteiger partial charge on any atom is -0.444 e. The number of alkyl carbamates (subject to hydrolysis) is 1. The standard InChI is InChI=1S/C17H25ClN2O3.C17H24N2O3/c1-13(19-16(22)23-17(2,3)4)11-20(15(21)10-18)12-14-8-6-5-7-9-14;1-13-10-18(11-14-8-6-5-7-9-14)15(20)12-19(13)16(21)22-17(2,3)4/h5-9,13H,10-12H2,1-4H3,(H,19,22);5-9,13H,10-12H2,1-4H3/t2*13-/m00/s1. The van der Waals surface area contributed by atoms with Crippen molar-refractivity contribution in [1.82, 2.24) is 20.0 Å². The molecule has 2 aromatic rings. The van der Waals surface area contributed by atoms with Crippen molar-refractivity contribution in [3.8, 4) is 0 Å². The minimum atomic E-state index is -0.556. The second kappa shape index (κ2) is 17.1. The van der Waals surface area contributed by atoms with Crippen molar-refractivity contribution in [3.63, 3.8) is 0 Å². The Labute approximate surface area is 273 Å². The summed E-state index contributed by atoms with van der Waals surface area (Å²) in [4.78, 5) is 53.2. The molecule has 1 fully saturated rings. The molecule has 0 bridgehead atoms. The van der Waals surface area contributed by atoms with Crippen LogP contribution in [0.4, 0.5) is 9.59 Å². The van der Waals surface area contributed by atoms with Crippen LogP contribution in [0.1, 0.15) is 66.5 Å². The van der Waals surface area contributed by atoms with E-state index in [0.717, 1.165) is 11.1 Å². The van der Waals surface area contributed by atoms with E-state index in [4.69, 9.17) is 21.1 Å². The molecule has 1 aliphatic heterocycles. The lowest BCUT2D eigenvalue weighted by Gasteiger charge is -2.39. The number of alkyl halides is 1. The van der Waals surface area contributed by atoms with Gasteiger partial charge in [0.2, 0.25) is 11.8 Å². The zero-order valence-electron chi connectivity index (χ0n) is 27.8. The Bertz CT molecular complexity index is 1250. The minimum absolute atomic E-state index is 0.0483. The Hall–Kier alpha value is -3.79. The maximum atomic E-state index is 12.3. The fourth-order valence-electron chi connectivity index (χ4n) is 4.47. The third kappa shape index (κ3) is 14.2. The summed E-state index contributed by atoms with van der Waals surface area (Å²) in [6.45, 7) is 16.6. The highest BCUT2D eigenvalue weighted by Crippen LogP contribution is 2.18. The molecule has 2 aromatic carbocycles. The number of hydrogen-bond acceptors (Lipinski definition) is 6. The van der Waals surface area contributed by atoms with Crippen LogP contribution < -0.4 is 5.32 Å². The van der Waals surface area contributed by atoms with Crippen LogP contribution >= 0.6 is 11.6 Å². The van der Waals surface area contributed by atoms with Gasteiger partial charge in [0, 0.05) is 32.2 Å². The van der Waals surface area contributed by atoms with Gasteiger partial charge in [-0.1, -0.05) is 60.7 Å². The molecule has 45 heavy (non-hydrogen) atoms. The molecule has 0 radical (unpaired) electrons. The van der Waals surface area contributed by atoms with E-state index < -0.39 is 23.4 Å². The van der Waals surface area contributed by atoms with E-state index >= 15 is 0 Å². The molecule has 0 unspecified atom stereocenters. The largest absolute Gasteiger partial charge is 0.444 e. The molecule has 0 aliphatic carbocycles. The number of hydrogen-bond donors (Lipinski definition) is 1. The summed E-state index contributed by atoms with van der Waals surface area (Å²) in [5.41, 5.74) is 0.991. The van der Waals surface area contributed by atoms with Crippen LogP contribution in [0, 0.1) is 0 Å². The van der Waals surface area contributed by atoms with Crippen LogP contribution in [0.15, 0.2) is 60.7 Å². The molecule has 0 saturated carbocycles. The number of carbonyl (C=O) groups excluding carboxylic acids is 4. The third-order valence-corrected chi connectivity index (χ3v) is 6.69. The van der Waals surface area contributed by atoms with E-state index in [1.165, 1.54) is 4.90 Å². The van der Waals surface area contributed by atoms with Crippen molar-refractivity contribution in [2.45, 2.75) is 91.8 Å². The lowest BCUT2D eigenvalue weighted by molar-refractivity contribution is -0.138. The first-order valence-corrected chi connectivity index (χ1v) is 15.7. The summed E-state index contributed by atoms with van der Waals surface area (Å²) in [5, 5.41) is 2.73. The third-order valence-electron chi connectivity index (χ3n) is 6.46. The van der Waals surface area contributed by atoms with Crippen LogP contribution in [-0.2, 0) is 32.2 Å². The number of ether oxygens (including phenoxy) is 2. The summed E-state index contributed by atoms with van der Waals surface area (Å²) in [6.07, 6.45) is -0.921. The molecule has 3 rings (SSSR count). The highest BCUT2D eigenvalue weighted by atomic mass is 35.5. The predicted octanol–water partition coefficient (Wildman–Crippen LogP) is 5.82. The zero-order chi connectivity index (χ0) is 33.8. The monoisotopic (exact) mass is 644 g/mol. The van der Waals surface area contributed by atoms with E-state index in [1.54, 1.807) is 30.6 Å². The second-order valence-electron chi connectivity index (χ2n) is 13.2. The van der Waals surface area contributed by atoms with Gasteiger partial charge >= 0.3 is 12.2 Å². The van der Waals surface area contributed by atoms with Crippen molar-refractivity contribution >= 4 is 35.6 Å². The summed E-state index contributed by atoms with van der Waals surface area (Å²) in [5.74, 6) is -0.312. The average Bonchev–Trinajstić information content (AvgIpc) is 2.93. The molecule has 248 valence electrons. The van der Waals surface area contributed by atoms with Gasteiger partial charge in [-0.2, -0.15) is 0 Å². The van der Waals surface area contributed by atoms with E-state index in [0.29, 0.717) is 26.2 Å². The van der Waals surface area contributed by atoms with Crippen LogP contribution in [0.5, 0.6) is 0 Å². The van der Waals surface area contributed by atoms with Crippen molar-refractivity contribution < 1.29 is 28.7 Å². The molecule has 0 spiro atoms. The average molecular weight is 645 g/mol. The highest BCUT2D eigenvalue weighted by Gasteiger charge is 2.35. The van der Waals surface area contributed by atoms with E-state index in [2.05, 4.69) is 5.32 Å². The quantitative estimate of drug-likeness (QED) is 0.363. The number of carbonyl (C=O) groups is 4. The molecule has 11 heteroatoms. The number of nitrogens with one attached hydrogen (secondary N) is 1. The van der Waals surface area contributed by atoms with Crippen LogP contribution in [-0.4, -0.2) is 87.5 Å². The van der Waals surface area contributed by atoms with Crippen LogP contribution in [0.3, 0.4) is 0 Å². The molecule has 4 amide bonds. The van der Waals surface area contributed by atoms with Gasteiger partial charge in [0.05, 0.1) is 6.04 Å². The molecular weight excluding hydrogens is 596 g/mol. The van der Waals surface area contributed by atoms with Crippen molar-refractivity contribution in [1.29, 1.82) is 0 Å². The van der Waals surface area contributed by atoms with Crippen molar-refractivity contribution in [2.24, 2.45) is 0 Å². The smallest absolute Gasteiger partial charge is 0.411 e. The van der Waals surface area contributed by atoms with E-state index in [9.17, 15) is 19.2 Å². The molecule has 10 nitrogen and oxygen atoms in total. The normalized spacial score (nSPS) is 15.8. The summed E-state index contributed by atoms with van der Waals surface area (Å²) in [7, 11) is 0. The van der Waals surface area contributed by atoms with Gasteiger partial charge in [0.1, 0.15) is 23.6 Å². The molecular formula is C34H49ClN4O6. The Morgan fingerprint density at radius 2 is 1.47 bits per heavy atom. The topological polar surface area (TPSA) is 108 Å². The molecule has 0 aromatic heterocycles. The van der Waals surface area contributed by atoms with Gasteiger partial charge in [-0.25, -0.2) is 9.59 Å². The Morgan fingerprint density at radius 3 is 1.98 bits per heavy atom. The predicted molar refractivity (Wildman–Crippen MR) is 176 cm³/mol. The summed E-state index contributed by atoms with van der Waals surface area (Å²) >= 11 is 5.69. The summed E-state index contributed by atoms with van der Waals surface area (Å²) in [6, 6.07) is 19.2. The van der Waals surface area contributed by atoms with Gasteiger partial charge in [0.15, 0.2) is 0 Å². The molecule has 1 N–H and O–H groups in total. The first-order valence-electron chi connectivity index (χ1n) is 15.2. The molecule has 1 saturated heterocycles. The summed E-state index contributed by atoms with van der Waals surface area (Å²) < 4.78 is 10.6. The van der Waals surface area contributed by atoms with E-state index in [-0.39, 0.29) is 36.3 Å². The van der Waals surface area contributed by atoms with Gasteiger partial charge in [-0.3, -0.25) is 14.5 Å². The number of rotatable bonds is 8. The van der Waals surface area contributed by atoms with Crippen molar-refractivity contribution in [3.05, 3.63) is 71.8 Å². The Kier molecular flexibility index (Phi) is 14.2. The lowest BCUT2D eigenvalue weighted by Crippen LogP contribution is -2.57. The number of piperazine rings is 1. The molecule has 1 heterocycles. The number of benzene rings is 2. The number of nitrogens with zero attached hydrogens (tertiary/aromatic N) is 3. The Balaban J connectivity index is 0.000000314. The SMILES string of the molecule is C[C@@H](CN(Cc1ccccc1)C(=O)CCl)NC(=O)OC(C)(C)C.C[C@H]1CN(Cc2ccccc2)C(=O)CN1C(=O)OC(C)(C)C. The van der Waals surface area contributed by atoms with Gasteiger partial charge in [0.25, 0.3) is 0 Å². The number of halogens is 1. The van der Waals surface area contributed by atoms with Gasteiger partial charge in [-0.15, -0.1) is 11.6 Å².